The number of nitrogens with zero attached hydrogens (tertiary/aromatic N) is 1. The lowest BCUT2D eigenvalue weighted by Crippen LogP contribution is -2.36. The largest absolute Gasteiger partial charge is 0.396 e. The minimum Gasteiger partial charge on any atom is -0.396 e. The van der Waals surface area contributed by atoms with Gasteiger partial charge in [0.05, 0.1) is 10.6 Å². The second kappa shape index (κ2) is 6.28. The molecule has 2 heterocycles. The van der Waals surface area contributed by atoms with Gasteiger partial charge in [0.1, 0.15) is 9.88 Å². The van der Waals surface area contributed by atoms with Crippen LogP contribution in [0.4, 0.5) is 10.7 Å². The van der Waals surface area contributed by atoms with E-state index in [0.717, 1.165) is 28.7 Å². The number of carbonyl (C=O) groups is 1. The Bertz CT molecular complexity index is 475. The minimum absolute atomic E-state index is 0.0940. The van der Waals surface area contributed by atoms with E-state index in [4.69, 9.17) is 5.73 Å². The van der Waals surface area contributed by atoms with Crippen molar-refractivity contribution in [2.24, 2.45) is 0 Å². The molecule has 2 rings (SSSR count). The number of hydrogen-bond acceptors (Lipinski definition) is 6. The molecule has 1 saturated heterocycles. The van der Waals surface area contributed by atoms with Crippen LogP contribution in [0.2, 0.25) is 0 Å². The van der Waals surface area contributed by atoms with E-state index in [1.165, 1.54) is 11.3 Å². The predicted octanol–water partition coefficient (Wildman–Crippen LogP) is 2.35. The first-order chi connectivity index (χ1) is 9.08. The maximum absolute atomic E-state index is 11.9. The Morgan fingerprint density at radius 2 is 2.32 bits per heavy atom. The highest BCUT2D eigenvalue weighted by Gasteiger charge is 2.26. The molecule has 3 N–H and O–H groups in total. The normalized spacial score (nSPS) is 19.5. The molecule has 106 valence electrons. The number of amides is 1. The lowest BCUT2D eigenvalue weighted by molar-refractivity contribution is 0.0968. The molecule has 19 heavy (non-hydrogen) atoms. The number of nitrogen functional groups attached to an aromatic ring is 1. The van der Waals surface area contributed by atoms with Crippen molar-refractivity contribution in [3.63, 3.8) is 0 Å². The first-order valence-corrected chi connectivity index (χ1v) is 9.22. The number of carbonyl (C=O) groups excluding carboxylic acids is 1. The summed E-state index contributed by atoms with van der Waals surface area (Å²) in [5, 5.41) is 4.43. The highest BCUT2D eigenvalue weighted by Crippen LogP contribution is 2.44. The zero-order valence-electron chi connectivity index (χ0n) is 11.4. The smallest absolute Gasteiger partial charge is 0.263 e. The summed E-state index contributed by atoms with van der Waals surface area (Å²) in [5.41, 5.74) is 6.75. The lowest BCUT2D eigenvalue weighted by atomic mass is 10.3. The van der Waals surface area contributed by atoms with Gasteiger partial charge in [-0.05, 0) is 6.26 Å². The number of hydrogen-bond donors (Lipinski definition) is 2. The van der Waals surface area contributed by atoms with Crippen molar-refractivity contribution in [3.05, 3.63) is 4.88 Å². The number of nitrogens with one attached hydrogen (secondary N) is 1. The fourth-order valence-electron chi connectivity index (χ4n) is 2.11. The summed E-state index contributed by atoms with van der Waals surface area (Å²) in [6.07, 6.45) is 2.01. The fourth-order valence-corrected chi connectivity index (χ4v) is 5.28. The van der Waals surface area contributed by atoms with Crippen LogP contribution in [0, 0.1) is 0 Å². The van der Waals surface area contributed by atoms with E-state index in [1.54, 1.807) is 18.8 Å². The average Bonchev–Trinajstić information content (AvgIpc) is 2.75. The summed E-state index contributed by atoms with van der Waals surface area (Å²) >= 11 is 5.13. The standard InChI is InChI=1S/C12H19N3OS3/c1-7-6-15(4-5-18-7)12-10(17-3)8(13)9(19-12)11(16)14-2/h7H,4-6,13H2,1-3H3,(H,14,16). The fraction of sp³-hybridized carbons (Fsp3) is 0.583. The molecule has 0 aliphatic carbocycles. The highest BCUT2D eigenvalue weighted by atomic mass is 32.2. The topological polar surface area (TPSA) is 58.4 Å². The van der Waals surface area contributed by atoms with Gasteiger partial charge in [-0.1, -0.05) is 6.92 Å². The summed E-state index contributed by atoms with van der Waals surface area (Å²) in [4.78, 5) is 15.9. The number of nitrogens with two attached hydrogens (primary N) is 1. The molecule has 1 aromatic heterocycles. The molecule has 0 aromatic carbocycles. The van der Waals surface area contributed by atoms with Crippen LogP contribution < -0.4 is 16.0 Å². The first kappa shape index (κ1) is 14.9. The van der Waals surface area contributed by atoms with Crippen LogP contribution in [-0.4, -0.2) is 43.3 Å². The van der Waals surface area contributed by atoms with Crippen LogP contribution in [0.15, 0.2) is 4.90 Å². The average molecular weight is 318 g/mol. The number of thiophene rings is 1. The Balaban J connectivity index is 2.36. The SMILES string of the molecule is CNC(=O)c1sc(N2CCSC(C)C2)c(SC)c1N. The number of anilines is 2. The Kier molecular flexibility index (Phi) is 4.92. The molecule has 1 fully saturated rings. The van der Waals surface area contributed by atoms with E-state index in [2.05, 4.69) is 17.1 Å². The van der Waals surface area contributed by atoms with Crippen molar-refractivity contribution in [1.29, 1.82) is 0 Å². The molecule has 1 aliphatic rings. The molecular weight excluding hydrogens is 298 g/mol. The van der Waals surface area contributed by atoms with E-state index in [0.29, 0.717) is 15.8 Å². The van der Waals surface area contributed by atoms with Crippen LogP contribution in [-0.2, 0) is 0 Å². The number of thioether (sulfide) groups is 2. The molecule has 0 bridgehead atoms. The van der Waals surface area contributed by atoms with Gasteiger partial charge in [-0.15, -0.1) is 23.1 Å². The van der Waals surface area contributed by atoms with Gasteiger partial charge in [-0.25, -0.2) is 0 Å². The van der Waals surface area contributed by atoms with Crippen molar-refractivity contribution < 1.29 is 4.79 Å². The monoisotopic (exact) mass is 317 g/mol. The summed E-state index contributed by atoms with van der Waals surface area (Å²) < 4.78 is 0. The van der Waals surface area contributed by atoms with Crippen molar-refractivity contribution >= 4 is 51.5 Å². The van der Waals surface area contributed by atoms with E-state index in [-0.39, 0.29) is 5.91 Å². The van der Waals surface area contributed by atoms with Crippen molar-refractivity contribution in [1.82, 2.24) is 5.32 Å². The Morgan fingerprint density at radius 1 is 1.58 bits per heavy atom. The van der Waals surface area contributed by atoms with Crippen LogP contribution in [0.3, 0.4) is 0 Å². The van der Waals surface area contributed by atoms with Gasteiger partial charge in [0.25, 0.3) is 5.91 Å². The van der Waals surface area contributed by atoms with Crippen molar-refractivity contribution in [2.45, 2.75) is 17.1 Å². The third kappa shape index (κ3) is 2.98. The third-order valence-corrected chi connectivity index (χ3v) is 6.40. The second-order valence-electron chi connectivity index (χ2n) is 4.39. The molecule has 1 amide bonds. The summed E-state index contributed by atoms with van der Waals surface area (Å²) in [5.74, 6) is 1.03. The van der Waals surface area contributed by atoms with Crippen molar-refractivity contribution in [3.8, 4) is 0 Å². The zero-order valence-corrected chi connectivity index (χ0v) is 13.8. The Morgan fingerprint density at radius 3 is 2.89 bits per heavy atom. The second-order valence-corrected chi connectivity index (χ2v) is 7.75. The van der Waals surface area contributed by atoms with Gasteiger partial charge in [-0.3, -0.25) is 4.79 Å². The van der Waals surface area contributed by atoms with Gasteiger partial charge >= 0.3 is 0 Å². The molecule has 7 heteroatoms. The van der Waals surface area contributed by atoms with Gasteiger partial charge in [0.15, 0.2) is 0 Å². The molecule has 4 nitrogen and oxygen atoms in total. The highest BCUT2D eigenvalue weighted by molar-refractivity contribution is 8.00. The summed E-state index contributed by atoms with van der Waals surface area (Å²) in [7, 11) is 1.64. The van der Waals surface area contributed by atoms with E-state index in [9.17, 15) is 4.79 Å². The predicted molar refractivity (Wildman–Crippen MR) is 88.0 cm³/mol. The van der Waals surface area contributed by atoms with E-state index < -0.39 is 0 Å². The van der Waals surface area contributed by atoms with E-state index in [1.807, 2.05) is 18.0 Å². The maximum Gasteiger partial charge on any atom is 0.263 e. The lowest BCUT2D eigenvalue weighted by Gasteiger charge is -2.31. The van der Waals surface area contributed by atoms with Crippen molar-refractivity contribution in [2.75, 3.05) is 42.8 Å². The molecule has 0 spiro atoms. The van der Waals surface area contributed by atoms with Gasteiger partial charge in [0.2, 0.25) is 0 Å². The minimum atomic E-state index is -0.0940. The molecule has 0 radical (unpaired) electrons. The third-order valence-electron chi connectivity index (χ3n) is 3.05. The Labute approximate surface area is 126 Å². The van der Waals surface area contributed by atoms with Gasteiger partial charge in [-0.2, -0.15) is 11.8 Å². The number of rotatable bonds is 3. The molecule has 1 atom stereocenters. The molecule has 1 aromatic rings. The quantitative estimate of drug-likeness (QED) is 0.838. The zero-order chi connectivity index (χ0) is 14.0. The molecular formula is C12H19N3OS3. The summed E-state index contributed by atoms with van der Waals surface area (Å²) in [6.45, 7) is 4.29. The van der Waals surface area contributed by atoms with Crippen LogP contribution in [0.1, 0.15) is 16.6 Å². The van der Waals surface area contributed by atoms with Gasteiger partial charge in [0, 0.05) is 31.1 Å². The first-order valence-electron chi connectivity index (χ1n) is 6.13. The van der Waals surface area contributed by atoms with Crippen LogP contribution in [0.5, 0.6) is 0 Å². The Hall–Kier alpha value is -0.530. The van der Waals surface area contributed by atoms with Crippen LogP contribution in [0.25, 0.3) is 0 Å². The summed E-state index contributed by atoms with van der Waals surface area (Å²) in [6, 6.07) is 0. The molecule has 0 saturated carbocycles. The van der Waals surface area contributed by atoms with E-state index >= 15 is 0 Å². The molecule has 1 unspecified atom stereocenters. The maximum atomic E-state index is 11.9. The molecule has 1 aliphatic heterocycles. The van der Waals surface area contributed by atoms with Crippen LogP contribution >= 0.6 is 34.9 Å². The van der Waals surface area contributed by atoms with Gasteiger partial charge < -0.3 is 16.0 Å².